The second-order valence-corrected chi connectivity index (χ2v) is 3.67. The largest absolute Gasteiger partial charge is 0.393 e. The summed E-state index contributed by atoms with van der Waals surface area (Å²) in [4.78, 5) is 9.84. The van der Waals surface area contributed by atoms with E-state index in [4.69, 9.17) is 11.6 Å². The lowest BCUT2D eigenvalue weighted by atomic mass is 10.3. The Kier molecular flexibility index (Phi) is 4.27. The number of aromatic nitrogens is 2. The van der Waals surface area contributed by atoms with Crippen LogP contribution in [0, 0.1) is 0 Å². The number of nitrogens with one attached hydrogen (secondary N) is 1. The van der Waals surface area contributed by atoms with E-state index in [1.807, 2.05) is 11.9 Å². The molecule has 0 bridgehead atoms. The van der Waals surface area contributed by atoms with Gasteiger partial charge in [0.25, 0.3) is 0 Å². The summed E-state index contributed by atoms with van der Waals surface area (Å²) in [6, 6.07) is 1.69. The van der Waals surface area contributed by atoms with Gasteiger partial charge in [-0.15, -0.1) is 0 Å². The van der Waals surface area contributed by atoms with Gasteiger partial charge in [0.15, 0.2) is 0 Å². The Labute approximate surface area is 94.4 Å². The molecule has 0 fully saturated rings. The molecule has 0 aliphatic heterocycles. The van der Waals surface area contributed by atoms with Crippen molar-refractivity contribution in [2.75, 3.05) is 29.7 Å². The van der Waals surface area contributed by atoms with Gasteiger partial charge in [0.1, 0.15) is 11.6 Å². The molecule has 16 heavy (non-hydrogen) atoms. The maximum atomic E-state index is 9.19. The van der Waals surface area contributed by atoms with Crippen LogP contribution in [0.3, 0.4) is 0 Å². The first-order valence-electron chi connectivity index (χ1n) is 5.03. The molecule has 0 saturated carbocycles. The third kappa shape index (κ3) is 3.52. The van der Waals surface area contributed by atoms with E-state index in [2.05, 4.69) is 15.4 Å². The Morgan fingerprint density at radius 1 is 1.56 bits per heavy atom. The predicted molar refractivity (Wildman–Crippen MR) is 63.8 cm³/mol. The molecule has 0 spiro atoms. The summed E-state index contributed by atoms with van der Waals surface area (Å²) < 4.78 is 0. The Balaban J connectivity index is 2.74. The monoisotopic (exact) mass is 226 g/mol. The van der Waals surface area contributed by atoms with Gasteiger partial charge in [-0.05, 0) is 13.3 Å². The van der Waals surface area contributed by atoms with Gasteiger partial charge < -0.3 is 21.2 Å². The first kappa shape index (κ1) is 12.5. The molecule has 1 aromatic rings. The minimum atomic E-state index is -0.339. The van der Waals surface area contributed by atoms with E-state index >= 15 is 0 Å². The molecule has 0 saturated heterocycles. The van der Waals surface area contributed by atoms with Crippen LogP contribution in [0.1, 0.15) is 13.3 Å². The molecule has 7 nitrogen and oxygen atoms in total. The number of aliphatic hydroxyl groups excluding tert-OH is 1. The van der Waals surface area contributed by atoms with E-state index in [1.165, 1.54) is 0 Å². The average Bonchev–Trinajstić information content (AvgIpc) is 2.24. The molecular formula is C9H18N6O. The summed E-state index contributed by atoms with van der Waals surface area (Å²) in [5.41, 5.74) is 7.96. The van der Waals surface area contributed by atoms with Crippen molar-refractivity contribution in [1.29, 1.82) is 0 Å². The summed E-state index contributed by atoms with van der Waals surface area (Å²) in [6.45, 7) is 2.42. The minimum Gasteiger partial charge on any atom is -0.393 e. The molecular weight excluding hydrogens is 208 g/mol. The molecule has 0 amide bonds. The van der Waals surface area contributed by atoms with Crippen LogP contribution in [0.2, 0.25) is 0 Å². The van der Waals surface area contributed by atoms with E-state index in [0.29, 0.717) is 24.6 Å². The Hall–Kier alpha value is -1.60. The van der Waals surface area contributed by atoms with Gasteiger partial charge in [-0.1, -0.05) is 0 Å². The lowest BCUT2D eigenvalue weighted by Gasteiger charge is -2.19. The number of hydrogen-bond acceptors (Lipinski definition) is 7. The molecule has 7 heteroatoms. The Morgan fingerprint density at radius 3 is 2.81 bits per heavy atom. The maximum Gasteiger partial charge on any atom is 0.223 e. The van der Waals surface area contributed by atoms with Crippen LogP contribution in [0.15, 0.2) is 6.07 Å². The number of aliphatic hydroxyl groups is 1. The van der Waals surface area contributed by atoms with Crippen molar-refractivity contribution >= 4 is 17.6 Å². The third-order valence-corrected chi connectivity index (χ3v) is 2.15. The summed E-state index contributed by atoms with van der Waals surface area (Å²) in [5.74, 6) is 6.55. The van der Waals surface area contributed by atoms with E-state index in [0.717, 1.165) is 0 Å². The molecule has 6 N–H and O–H groups in total. The number of nitrogens with zero attached hydrogens (tertiary/aromatic N) is 3. The minimum absolute atomic E-state index is 0.161. The van der Waals surface area contributed by atoms with Crippen LogP contribution in [0.5, 0.6) is 0 Å². The predicted octanol–water partition coefficient (Wildman–Crippen LogP) is -0.448. The fourth-order valence-electron chi connectivity index (χ4n) is 1.22. The first-order valence-corrected chi connectivity index (χ1v) is 5.03. The lowest BCUT2D eigenvalue weighted by molar-refractivity contribution is 0.187. The second-order valence-electron chi connectivity index (χ2n) is 3.67. The summed E-state index contributed by atoms with van der Waals surface area (Å²) >= 11 is 0. The van der Waals surface area contributed by atoms with Crippen molar-refractivity contribution in [1.82, 2.24) is 9.97 Å². The fraction of sp³-hybridized carbons (Fsp3) is 0.556. The normalized spacial score (nSPS) is 12.2. The van der Waals surface area contributed by atoms with Crippen molar-refractivity contribution in [3.05, 3.63) is 6.07 Å². The molecule has 1 rings (SSSR count). The van der Waals surface area contributed by atoms with Crippen molar-refractivity contribution < 1.29 is 5.11 Å². The zero-order chi connectivity index (χ0) is 12.1. The number of rotatable bonds is 5. The SMILES string of the molecule is CC(O)CCN(C)c1cc(NN)nc(N)n1. The molecule has 1 atom stereocenters. The molecule has 90 valence electrons. The zero-order valence-corrected chi connectivity index (χ0v) is 9.51. The van der Waals surface area contributed by atoms with Gasteiger partial charge in [-0.3, -0.25) is 0 Å². The average molecular weight is 226 g/mol. The lowest BCUT2D eigenvalue weighted by Crippen LogP contribution is -2.23. The molecule has 0 aliphatic carbocycles. The maximum absolute atomic E-state index is 9.19. The van der Waals surface area contributed by atoms with Crippen molar-refractivity contribution in [3.8, 4) is 0 Å². The van der Waals surface area contributed by atoms with Crippen LogP contribution < -0.4 is 21.9 Å². The van der Waals surface area contributed by atoms with Crippen LogP contribution >= 0.6 is 0 Å². The van der Waals surface area contributed by atoms with Crippen LogP contribution in [-0.2, 0) is 0 Å². The Morgan fingerprint density at radius 2 is 2.25 bits per heavy atom. The van der Waals surface area contributed by atoms with Crippen LogP contribution in [0.25, 0.3) is 0 Å². The van der Waals surface area contributed by atoms with Gasteiger partial charge in [0.2, 0.25) is 5.95 Å². The van der Waals surface area contributed by atoms with Crippen molar-refractivity contribution in [2.45, 2.75) is 19.4 Å². The molecule has 0 aromatic carbocycles. The second kappa shape index (κ2) is 5.47. The highest BCUT2D eigenvalue weighted by atomic mass is 16.3. The number of nitrogen functional groups attached to an aromatic ring is 2. The van der Waals surface area contributed by atoms with E-state index in [-0.39, 0.29) is 12.1 Å². The quantitative estimate of drug-likeness (QED) is 0.397. The number of nitrogens with two attached hydrogens (primary N) is 2. The van der Waals surface area contributed by atoms with Gasteiger partial charge in [-0.25, -0.2) is 5.84 Å². The zero-order valence-electron chi connectivity index (χ0n) is 9.51. The summed E-state index contributed by atoms with van der Waals surface area (Å²) in [6.07, 6.45) is 0.319. The molecule has 0 aliphatic rings. The van der Waals surface area contributed by atoms with E-state index < -0.39 is 0 Å². The third-order valence-electron chi connectivity index (χ3n) is 2.15. The van der Waals surface area contributed by atoms with E-state index in [1.54, 1.807) is 13.0 Å². The smallest absolute Gasteiger partial charge is 0.223 e. The van der Waals surface area contributed by atoms with Crippen LogP contribution in [-0.4, -0.2) is 34.8 Å². The molecule has 1 unspecified atom stereocenters. The molecule has 0 radical (unpaired) electrons. The number of hydrazine groups is 1. The van der Waals surface area contributed by atoms with Gasteiger partial charge in [0, 0.05) is 19.7 Å². The summed E-state index contributed by atoms with van der Waals surface area (Å²) in [7, 11) is 1.87. The highest BCUT2D eigenvalue weighted by molar-refractivity contribution is 5.51. The topological polar surface area (TPSA) is 113 Å². The van der Waals surface area contributed by atoms with Gasteiger partial charge in [-0.2, -0.15) is 9.97 Å². The summed E-state index contributed by atoms with van der Waals surface area (Å²) in [5, 5.41) is 9.19. The molecule has 1 aromatic heterocycles. The first-order chi connectivity index (χ1) is 7.52. The fourth-order valence-corrected chi connectivity index (χ4v) is 1.22. The standard InChI is InChI=1S/C9H18N6O/c1-6(16)3-4-15(2)8-5-7(14-11)12-9(10)13-8/h5-6,16H,3-4,11H2,1-2H3,(H3,10,12,13,14). The van der Waals surface area contributed by atoms with Gasteiger partial charge >= 0.3 is 0 Å². The van der Waals surface area contributed by atoms with Crippen molar-refractivity contribution in [2.24, 2.45) is 5.84 Å². The number of hydrogen-bond donors (Lipinski definition) is 4. The van der Waals surface area contributed by atoms with Crippen molar-refractivity contribution in [3.63, 3.8) is 0 Å². The highest BCUT2D eigenvalue weighted by Gasteiger charge is 2.07. The molecule has 1 heterocycles. The van der Waals surface area contributed by atoms with E-state index in [9.17, 15) is 5.11 Å². The van der Waals surface area contributed by atoms with Crippen LogP contribution in [0.4, 0.5) is 17.6 Å². The highest BCUT2D eigenvalue weighted by Crippen LogP contribution is 2.15. The number of anilines is 3. The van der Waals surface area contributed by atoms with Gasteiger partial charge in [0.05, 0.1) is 6.10 Å². The Bertz CT molecular complexity index is 343.